The summed E-state index contributed by atoms with van der Waals surface area (Å²) in [6, 6.07) is 0. The molecule has 106 valence electrons. The summed E-state index contributed by atoms with van der Waals surface area (Å²) in [4.78, 5) is 0. The summed E-state index contributed by atoms with van der Waals surface area (Å²) in [5, 5.41) is 0. The lowest BCUT2D eigenvalue weighted by Gasteiger charge is -2.59. The van der Waals surface area contributed by atoms with Gasteiger partial charge in [0, 0.05) is 9.49 Å². The van der Waals surface area contributed by atoms with E-state index in [0.29, 0.717) is 11.3 Å². The first-order valence-electron chi connectivity index (χ1n) is 7.63. The van der Waals surface area contributed by atoms with Crippen molar-refractivity contribution in [3.63, 3.8) is 0 Å². The number of hydrogen-bond donors (Lipinski definition) is 2. The Hall–Kier alpha value is 0.700. The predicted molar refractivity (Wildman–Crippen MR) is 87.9 cm³/mol. The van der Waals surface area contributed by atoms with Crippen LogP contribution in [-0.2, 0) is 0 Å². The molecular formula is C16H30S2. The zero-order chi connectivity index (χ0) is 13.6. The van der Waals surface area contributed by atoms with Gasteiger partial charge < -0.3 is 0 Å². The lowest BCUT2D eigenvalue weighted by Crippen LogP contribution is -2.56. The molecule has 2 saturated carbocycles. The maximum Gasteiger partial charge on any atom is 0.0279 e. The summed E-state index contributed by atoms with van der Waals surface area (Å²) < 4.78 is 0.189. The number of thiol groups is 2. The van der Waals surface area contributed by atoms with Gasteiger partial charge in [0.1, 0.15) is 0 Å². The Morgan fingerprint density at radius 3 is 2.44 bits per heavy atom. The Labute approximate surface area is 125 Å². The minimum Gasteiger partial charge on any atom is -0.171 e. The number of rotatable bonds is 2. The highest BCUT2D eigenvalue weighted by Crippen LogP contribution is 2.61. The van der Waals surface area contributed by atoms with E-state index >= 15 is 0 Å². The van der Waals surface area contributed by atoms with Gasteiger partial charge in [-0.25, -0.2) is 0 Å². The predicted octanol–water partition coefficient (Wildman–Crippen LogP) is 5.38. The van der Waals surface area contributed by atoms with Crippen molar-refractivity contribution in [3.05, 3.63) is 0 Å². The van der Waals surface area contributed by atoms with Crippen molar-refractivity contribution in [2.75, 3.05) is 0 Å². The minimum atomic E-state index is 0.0852. The molecule has 2 heteroatoms. The van der Waals surface area contributed by atoms with E-state index in [0.717, 1.165) is 5.92 Å². The zero-order valence-corrected chi connectivity index (χ0v) is 14.3. The van der Waals surface area contributed by atoms with Crippen molar-refractivity contribution in [1.82, 2.24) is 0 Å². The highest BCUT2D eigenvalue weighted by atomic mass is 32.1. The summed E-state index contributed by atoms with van der Waals surface area (Å²) in [5.41, 5.74) is 0.525. The van der Waals surface area contributed by atoms with Crippen molar-refractivity contribution in [3.8, 4) is 0 Å². The van der Waals surface area contributed by atoms with E-state index in [-0.39, 0.29) is 9.49 Å². The minimum absolute atomic E-state index is 0.0852. The molecule has 0 aromatic carbocycles. The monoisotopic (exact) mass is 286 g/mol. The molecule has 2 fully saturated rings. The first-order chi connectivity index (χ1) is 8.19. The van der Waals surface area contributed by atoms with Crippen LogP contribution in [0.25, 0.3) is 0 Å². The van der Waals surface area contributed by atoms with Crippen LogP contribution < -0.4 is 0 Å². The molecular weight excluding hydrogens is 256 g/mol. The molecule has 2 rings (SSSR count). The van der Waals surface area contributed by atoms with Gasteiger partial charge >= 0.3 is 0 Å². The molecule has 0 aromatic rings. The molecule has 4 atom stereocenters. The van der Waals surface area contributed by atoms with Crippen LogP contribution in [0.3, 0.4) is 0 Å². The van der Waals surface area contributed by atoms with Gasteiger partial charge in [-0.1, -0.05) is 33.6 Å². The fraction of sp³-hybridized carbons (Fsp3) is 1.00. The largest absolute Gasteiger partial charge is 0.171 e. The highest BCUT2D eigenvalue weighted by molar-refractivity contribution is 7.86. The van der Waals surface area contributed by atoms with Crippen molar-refractivity contribution < 1.29 is 0 Å². The molecule has 0 heterocycles. The topological polar surface area (TPSA) is 0 Å². The van der Waals surface area contributed by atoms with Crippen LogP contribution in [0.5, 0.6) is 0 Å². The molecule has 2 aliphatic carbocycles. The first-order valence-corrected chi connectivity index (χ1v) is 8.53. The molecule has 0 saturated heterocycles. The number of fused-ring (bicyclic) bond motifs is 1. The van der Waals surface area contributed by atoms with E-state index < -0.39 is 0 Å². The number of hydrogen-bond acceptors (Lipinski definition) is 2. The average Bonchev–Trinajstić information content (AvgIpc) is 2.18. The molecule has 0 aromatic heterocycles. The zero-order valence-electron chi connectivity index (χ0n) is 12.5. The lowest BCUT2D eigenvalue weighted by molar-refractivity contribution is 0.0245. The van der Waals surface area contributed by atoms with Gasteiger partial charge in [0.2, 0.25) is 0 Å². The Kier molecular flexibility index (Phi) is 4.12. The molecule has 0 radical (unpaired) electrons. The second-order valence-electron chi connectivity index (χ2n) is 7.88. The quantitative estimate of drug-likeness (QED) is 0.626. The van der Waals surface area contributed by atoms with E-state index in [1.54, 1.807) is 0 Å². The van der Waals surface area contributed by atoms with Gasteiger partial charge in [-0.2, -0.15) is 25.3 Å². The van der Waals surface area contributed by atoms with Crippen LogP contribution >= 0.6 is 25.3 Å². The van der Waals surface area contributed by atoms with Gasteiger partial charge in [0.05, 0.1) is 0 Å². The molecule has 0 amide bonds. The Balaban J connectivity index is 2.25. The fourth-order valence-electron chi connectivity index (χ4n) is 4.55. The average molecular weight is 287 g/mol. The van der Waals surface area contributed by atoms with Gasteiger partial charge in [-0.05, 0) is 56.3 Å². The summed E-state index contributed by atoms with van der Waals surface area (Å²) >= 11 is 10.2. The summed E-state index contributed by atoms with van der Waals surface area (Å²) in [6.07, 6.45) is 9.36. The maximum absolute atomic E-state index is 5.16. The van der Waals surface area contributed by atoms with Crippen LogP contribution in [0.4, 0.5) is 0 Å². The second-order valence-corrected chi connectivity index (χ2v) is 9.72. The third-order valence-electron chi connectivity index (χ3n) is 5.62. The molecule has 0 spiro atoms. The van der Waals surface area contributed by atoms with Crippen LogP contribution in [0, 0.1) is 17.3 Å². The molecule has 0 nitrogen and oxygen atoms in total. The normalized spacial score (nSPS) is 49.2. The standard InChI is InChI=1S/C16H30S2/c1-12(2)9-16(18)11-14(3)8-6-5-7-13(14)10-15(16,4)17/h12-13,17-18H,5-11H2,1-4H3/t13?,14-,15+,16?/m0/s1. The highest BCUT2D eigenvalue weighted by Gasteiger charge is 2.55. The first kappa shape index (κ1) is 15.1. The van der Waals surface area contributed by atoms with Crippen LogP contribution in [0.15, 0.2) is 0 Å². The van der Waals surface area contributed by atoms with E-state index in [4.69, 9.17) is 25.3 Å². The summed E-state index contributed by atoms with van der Waals surface area (Å²) in [7, 11) is 0. The van der Waals surface area contributed by atoms with Crippen LogP contribution in [0.1, 0.15) is 72.6 Å². The van der Waals surface area contributed by atoms with Crippen LogP contribution in [0.2, 0.25) is 0 Å². The van der Waals surface area contributed by atoms with Crippen molar-refractivity contribution in [2.24, 2.45) is 17.3 Å². The summed E-state index contributed by atoms with van der Waals surface area (Å²) in [6.45, 7) is 9.49. The second kappa shape index (κ2) is 4.91. The third-order valence-corrected chi connectivity index (χ3v) is 7.25. The van der Waals surface area contributed by atoms with E-state index in [1.807, 2.05) is 0 Å². The molecule has 0 aliphatic heterocycles. The SMILES string of the molecule is CC(C)CC1(S)C[C@]2(C)CCCCC2C[C@@]1(C)S. The molecule has 0 bridgehead atoms. The Bertz CT molecular complexity index is 310. The molecule has 2 aliphatic rings. The Morgan fingerprint density at radius 2 is 1.83 bits per heavy atom. The van der Waals surface area contributed by atoms with Gasteiger partial charge in [-0.15, -0.1) is 0 Å². The van der Waals surface area contributed by atoms with Gasteiger partial charge in [0.25, 0.3) is 0 Å². The smallest absolute Gasteiger partial charge is 0.0279 e. The van der Waals surface area contributed by atoms with Crippen molar-refractivity contribution >= 4 is 25.3 Å². The summed E-state index contributed by atoms with van der Waals surface area (Å²) in [5.74, 6) is 1.58. The molecule has 0 N–H and O–H groups in total. The Morgan fingerprint density at radius 1 is 1.17 bits per heavy atom. The molecule has 2 unspecified atom stereocenters. The lowest BCUT2D eigenvalue weighted by atomic mass is 9.54. The van der Waals surface area contributed by atoms with E-state index in [1.165, 1.54) is 44.9 Å². The van der Waals surface area contributed by atoms with Crippen LogP contribution in [-0.4, -0.2) is 9.49 Å². The third kappa shape index (κ3) is 2.61. The van der Waals surface area contributed by atoms with E-state index in [2.05, 4.69) is 27.7 Å². The van der Waals surface area contributed by atoms with E-state index in [9.17, 15) is 0 Å². The van der Waals surface area contributed by atoms with Crippen molar-refractivity contribution in [2.45, 2.75) is 82.1 Å². The maximum atomic E-state index is 5.16. The van der Waals surface area contributed by atoms with Gasteiger partial charge in [0.15, 0.2) is 0 Å². The molecule has 18 heavy (non-hydrogen) atoms. The van der Waals surface area contributed by atoms with Crippen molar-refractivity contribution in [1.29, 1.82) is 0 Å². The van der Waals surface area contributed by atoms with Gasteiger partial charge in [-0.3, -0.25) is 0 Å². The fourth-order valence-corrected chi connectivity index (χ4v) is 5.76.